The SMILES string of the molecule is Cc1nc(-c2c(F)cccc2F)nn1-c1ccccc1C(F)(F)F. The van der Waals surface area contributed by atoms with E-state index >= 15 is 0 Å². The van der Waals surface area contributed by atoms with Crippen molar-refractivity contribution < 1.29 is 22.0 Å². The molecule has 0 spiro atoms. The molecular formula is C16H10F5N3. The molecule has 0 atom stereocenters. The van der Waals surface area contributed by atoms with Gasteiger partial charge >= 0.3 is 6.18 Å². The molecule has 1 heterocycles. The van der Waals surface area contributed by atoms with Crippen LogP contribution in [0.15, 0.2) is 42.5 Å². The molecule has 3 nitrogen and oxygen atoms in total. The smallest absolute Gasteiger partial charge is 0.217 e. The summed E-state index contributed by atoms with van der Waals surface area (Å²) in [6.07, 6.45) is -4.60. The van der Waals surface area contributed by atoms with Gasteiger partial charge in [0.25, 0.3) is 0 Å². The molecule has 3 aromatic rings. The second-order valence-corrected chi connectivity index (χ2v) is 5.01. The molecule has 0 bridgehead atoms. The van der Waals surface area contributed by atoms with Crippen molar-refractivity contribution in [2.24, 2.45) is 0 Å². The van der Waals surface area contributed by atoms with E-state index in [1.165, 1.54) is 31.2 Å². The van der Waals surface area contributed by atoms with Gasteiger partial charge in [-0.1, -0.05) is 18.2 Å². The van der Waals surface area contributed by atoms with Crippen molar-refractivity contribution in [2.75, 3.05) is 0 Å². The normalized spacial score (nSPS) is 11.8. The zero-order valence-electron chi connectivity index (χ0n) is 12.3. The first-order valence-electron chi connectivity index (χ1n) is 6.83. The quantitative estimate of drug-likeness (QED) is 0.642. The highest BCUT2D eigenvalue weighted by Gasteiger charge is 2.34. The van der Waals surface area contributed by atoms with Crippen molar-refractivity contribution in [2.45, 2.75) is 13.1 Å². The lowest BCUT2D eigenvalue weighted by molar-refractivity contribution is -0.137. The van der Waals surface area contributed by atoms with E-state index in [2.05, 4.69) is 10.1 Å². The van der Waals surface area contributed by atoms with Crippen LogP contribution in [0.2, 0.25) is 0 Å². The minimum atomic E-state index is -4.60. The van der Waals surface area contributed by atoms with Crippen LogP contribution in [-0.2, 0) is 6.18 Å². The van der Waals surface area contributed by atoms with E-state index < -0.39 is 28.9 Å². The first-order chi connectivity index (χ1) is 11.3. The third-order valence-electron chi connectivity index (χ3n) is 3.39. The average molecular weight is 339 g/mol. The van der Waals surface area contributed by atoms with Crippen LogP contribution in [0, 0.1) is 18.6 Å². The van der Waals surface area contributed by atoms with Gasteiger partial charge in [0.05, 0.1) is 16.8 Å². The molecule has 0 amide bonds. The summed E-state index contributed by atoms with van der Waals surface area (Å²) >= 11 is 0. The number of benzene rings is 2. The van der Waals surface area contributed by atoms with Gasteiger partial charge in [0.2, 0.25) is 0 Å². The maximum absolute atomic E-state index is 13.8. The summed E-state index contributed by atoms with van der Waals surface area (Å²) in [4.78, 5) is 3.91. The summed E-state index contributed by atoms with van der Waals surface area (Å²) in [5.74, 6) is -2.03. The molecule has 8 heteroatoms. The van der Waals surface area contributed by atoms with Crippen molar-refractivity contribution in [1.82, 2.24) is 14.8 Å². The van der Waals surface area contributed by atoms with E-state index in [4.69, 9.17) is 0 Å². The largest absolute Gasteiger partial charge is 0.418 e. The first kappa shape index (κ1) is 16.1. The summed E-state index contributed by atoms with van der Waals surface area (Å²) < 4.78 is 68.0. The molecule has 0 radical (unpaired) electrons. The van der Waals surface area contributed by atoms with Crippen molar-refractivity contribution in [3.8, 4) is 17.1 Å². The Hall–Kier alpha value is -2.77. The molecular weight excluding hydrogens is 329 g/mol. The Morgan fingerprint density at radius 2 is 1.54 bits per heavy atom. The molecule has 124 valence electrons. The van der Waals surface area contributed by atoms with Crippen LogP contribution in [-0.4, -0.2) is 14.8 Å². The molecule has 1 aromatic heterocycles. The van der Waals surface area contributed by atoms with Crippen LogP contribution in [0.3, 0.4) is 0 Å². The summed E-state index contributed by atoms with van der Waals surface area (Å²) in [6, 6.07) is 8.00. The van der Waals surface area contributed by atoms with Crippen LogP contribution in [0.25, 0.3) is 17.1 Å². The molecule has 0 aliphatic rings. The molecule has 0 N–H and O–H groups in total. The van der Waals surface area contributed by atoms with E-state index in [1.54, 1.807) is 0 Å². The van der Waals surface area contributed by atoms with Crippen LogP contribution in [0.1, 0.15) is 11.4 Å². The lowest BCUT2D eigenvalue weighted by Crippen LogP contribution is -2.12. The van der Waals surface area contributed by atoms with Gasteiger partial charge in [-0.05, 0) is 31.2 Å². The van der Waals surface area contributed by atoms with Crippen LogP contribution in [0.5, 0.6) is 0 Å². The number of rotatable bonds is 2. The van der Waals surface area contributed by atoms with Crippen molar-refractivity contribution in [3.05, 3.63) is 65.5 Å². The van der Waals surface area contributed by atoms with Gasteiger partial charge in [-0.2, -0.15) is 13.2 Å². The summed E-state index contributed by atoms with van der Waals surface area (Å²) in [6.45, 7) is 1.41. The number of alkyl halides is 3. The predicted octanol–water partition coefficient (Wildman–Crippen LogP) is 4.54. The van der Waals surface area contributed by atoms with Gasteiger partial charge in [-0.25, -0.2) is 18.4 Å². The second-order valence-electron chi connectivity index (χ2n) is 5.01. The number of para-hydroxylation sites is 1. The summed E-state index contributed by atoms with van der Waals surface area (Å²) in [7, 11) is 0. The summed E-state index contributed by atoms with van der Waals surface area (Å²) in [5, 5.41) is 3.87. The number of halogens is 5. The molecule has 0 unspecified atom stereocenters. The molecule has 2 aromatic carbocycles. The fourth-order valence-electron chi connectivity index (χ4n) is 2.33. The number of nitrogens with zero attached hydrogens (tertiary/aromatic N) is 3. The van der Waals surface area contributed by atoms with Gasteiger partial charge in [0.15, 0.2) is 5.82 Å². The molecule has 0 fully saturated rings. The van der Waals surface area contributed by atoms with Crippen molar-refractivity contribution >= 4 is 0 Å². The highest BCUT2D eigenvalue weighted by Crippen LogP contribution is 2.34. The van der Waals surface area contributed by atoms with Crippen LogP contribution < -0.4 is 0 Å². The van der Waals surface area contributed by atoms with Gasteiger partial charge in [-0.3, -0.25) is 0 Å². The molecule has 0 aliphatic heterocycles. The first-order valence-corrected chi connectivity index (χ1v) is 6.83. The van der Waals surface area contributed by atoms with E-state index in [0.717, 1.165) is 22.9 Å². The Morgan fingerprint density at radius 1 is 0.917 bits per heavy atom. The fourth-order valence-corrected chi connectivity index (χ4v) is 2.33. The minimum absolute atomic E-state index is 0.0735. The number of hydrogen-bond donors (Lipinski definition) is 0. The lowest BCUT2D eigenvalue weighted by Gasteiger charge is -2.12. The lowest BCUT2D eigenvalue weighted by atomic mass is 10.1. The third kappa shape index (κ3) is 2.75. The zero-order chi connectivity index (χ0) is 17.5. The Morgan fingerprint density at radius 3 is 2.17 bits per heavy atom. The topological polar surface area (TPSA) is 30.7 Å². The molecule has 24 heavy (non-hydrogen) atoms. The summed E-state index contributed by atoms with van der Waals surface area (Å²) in [5.41, 5.74) is -1.67. The van der Waals surface area contributed by atoms with Gasteiger partial charge in [-0.15, -0.1) is 5.10 Å². The van der Waals surface area contributed by atoms with Gasteiger partial charge < -0.3 is 0 Å². The number of aromatic nitrogens is 3. The number of aryl methyl sites for hydroxylation is 1. The van der Waals surface area contributed by atoms with E-state index in [0.29, 0.717) is 0 Å². The zero-order valence-corrected chi connectivity index (χ0v) is 12.3. The van der Waals surface area contributed by atoms with Crippen molar-refractivity contribution in [3.63, 3.8) is 0 Å². The van der Waals surface area contributed by atoms with Crippen LogP contribution in [0.4, 0.5) is 22.0 Å². The van der Waals surface area contributed by atoms with Gasteiger partial charge in [0.1, 0.15) is 17.5 Å². The highest BCUT2D eigenvalue weighted by atomic mass is 19.4. The molecule has 0 aliphatic carbocycles. The maximum atomic E-state index is 13.8. The second kappa shape index (κ2) is 5.70. The Labute approximate surface area is 133 Å². The van der Waals surface area contributed by atoms with E-state index in [-0.39, 0.29) is 17.3 Å². The number of hydrogen-bond acceptors (Lipinski definition) is 2. The standard InChI is InChI=1S/C16H10F5N3/c1-9-22-15(14-11(17)6-4-7-12(14)18)23-24(9)13-8-3-2-5-10(13)16(19,20)21/h2-8H,1H3. The van der Waals surface area contributed by atoms with E-state index in [9.17, 15) is 22.0 Å². The molecule has 3 rings (SSSR count). The fraction of sp³-hybridized carbons (Fsp3) is 0.125. The van der Waals surface area contributed by atoms with Gasteiger partial charge in [0, 0.05) is 0 Å². The van der Waals surface area contributed by atoms with Crippen molar-refractivity contribution in [1.29, 1.82) is 0 Å². The van der Waals surface area contributed by atoms with Crippen LogP contribution >= 0.6 is 0 Å². The Kier molecular flexibility index (Phi) is 3.82. The van der Waals surface area contributed by atoms with E-state index in [1.807, 2.05) is 0 Å². The highest BCUT2D eigenvalue weighted by molar-refractivity contribution is 5.57. The molecule has 0 saturated heterocycles. The Balaban J connectivity index is 2.19. The third-order valence-corrected chi connectivity index (χ3v) is 3.39. The monoisotopic (exact) mass is 339 g/mol. The molecule has 0 saturated carbocycles. The average Bonchev–Trinajstić information content (AvgIpc) is 2.87. The predicted molar refractivity (Wildman–Crippen MR) is 76.5 cm³/mol. The minimum Gasteiger partial charge on any atom is -0.217 e. The maximum Gasteiger partial charge on any atom is 0.418 e. The Bertz CT molecular complexity index is 879.